The van der Waals surface area contributed by atoms with Crippen molar-refractivity contribution in [2.75, 3.05) is 6.54 Å². The molecule has 0 radical (unpaired) electrons. The topological polar surface area (TPSA) is 51.0 Å². The van der Waals surface area contributed by atoms with Gasteiger partial charge >= 0.3 is 6.03 Å². The predicted octanol–water partition coefficient (Wildman–Crippen LogP) is 4.21. The summed E-state index contributed by atoms with van der Waals surface area (Å²) in [7, 11) is 0. The number of rotatable bonds is 8. The summed E-state index contributed by atoms with van der Waals surface area (Å²) in [5.41, 5.74) is 1.22. The van der Waals surface area contributed by atoms with E-state index in [1.807, 2.05) is 43.9 Å². The number of carbonyl (C=O) groups excluding carboxylic acids is 1. The van der Waals surface area contributed by atoms with Gasteiger partial charge in [0.2, 0.25) is 0 Å². The van der Waals surface area contributed by atoms with Crippen molar-refractivity contribution in [1.29, 1.82) is 0 Å². The van der Waals surface area contributed by atoms with E-state index in [1.54, 1.807) is 0 Å². The van der Waals surface area contributed by atoms with Crippen LogP contribution in [0, 0.1) is 0 Å². The van der Waals surface area contributed by atoms with Crippen molar-refractivity contribution in [3.8, 4) is 0 Å². The summed E-state index contributed by atoms with van der Waals surface area (Å²) in [6.45, 7) is 8.80. The van der Waals surface area contributed by atoms with Gasteiger partial charge in [0.25, 0.3) is 0 Å². The van der Waals surface area contributed by atoms with Crippen LogP contribution in [0.15, 0.2) is 48.3 Å². The van der Waals surface area contributed by atoms with Gasteiger partial charge in [0, 0.05) is 12.6 Å². The fourth-order valence-electron chi connectivity index (χ4n) is 2.52. The number of aromatic nitrogens is 3. The molecule has 5 heteroatoms. The smallest absolute Gasteiger partial charge is 0.319 e. The van der Waals surface area contributed by atoms with Crippen LogP contribution in [-0.4, -0.2) is 38.5 Å². The molecule has 0 fully saturated rings. The first kappa shape index (κ1) is 18.9. The molecule has 0 spiro atoms. The van der Waals surface area contributed by atoms with E-state index in [9.17, 15) is 4.79 Å². The Kier molecular flexibility index (Phi) is 8.65. The molecule has 0 bridgehead atoms. The maximum Gasteiger partial charge on any atom is 0.362 e. The summed E-state index contributed by atoms with van der Waals surface area (Å²) in [5.74, 6) is 0. The van der Waals surface area contributed by atoms with E-state index >= 15 is 0 Å². The normalized spacial score (nSPS) is 13.8. The van der Waals surface area contributed by atoms with E-state index in [1.165, 1.54) is 18.0 Å². The number of carbonyl (C=O) groups is 1. The van der Waals surface area contributed by atoms with Crippen LogP contribution < -0.4 is 0 Å². The Morgan fingerprint density at radius 3 is 2.43 bits per heavy atom. The van der Waals surface area contributed by atoms with Gasteiger partial charge in [-0.15, -0.1) is 0 Å². The second-order valence-electron chi connectivity index (χ2n) is 5.28. The van der Waals surface area contributed by atoms with Crippen molar-refractivity contribution in [3.63, 3.8) is 0 Å². The van der Waals surface area contributed by atoms with E-state index in [4.69, 9.17) is 0 Å². The zero-order valence-corrected chi connectivity index (χ0v) is 14.6. The molecule has 0 saturated carbocycles. The molecular weight excluding hydrogens is 288 g/mol. The molecule has 0 aliphatic carbocycles. The Labute approximate surface area is 139 Å². The molecule has 0 aromatic carbocycles. The van der Waals surface area contributed by atoms with E-state index < -0.39 is 0 Å². The highest BCUT2D eigenvalue weighted by molar-refractivity contribution is 5.75. The maximum absolute atomic E-state index is 12.6. The first-order chi connectivity index (χ1) is 11.2. The molecule has 1 atom stereocenters. The standard InChI is InChI=1S/C18H28N4O/c1-5-9-10-12-16(7-3)15-17(11-6-2)21(8-4)18(23)22-19-13-14-20-22/h5,7,9-10,12-14,17H,6,8,11,15H2,1-4H3/b9-5-,12-10-,16-7+. The van der Waals surface area contributed by atoms with Gasteiger partial charge in [0.05, 0.1) is 12.4 Å². The Hall–Kier alpha value is -2.17. The van der Waals surface area contributed by atoms with E-state index in [2.05, 4.69) is 29.3 Å². The molecule has 1 aromatic rings. The third-order valence-electron chi connectivity index (χ3n) is 3.69. The van der Waals surface area contributed by atoms with Gasteiger partial charge in [-0.05, 0) is 33.6 Å². The van der Waals surface area contributed by atoms with Gasteiger partial charge in [0.15, 0.2) is 0 Å². The van der Waals surface area contributed by atoms with E-state index in [-0.39, 0.29) is 12.1 Å². The minimum absolute atomic E-state index is 0.143. The van der Waals surface area contributed by atoms with Crippen molar-refractivity contribution in [1.82, 2.24) is 19.9 Å². The third kappa shape index (κ3) is 5.85. The van der Waals surface area contributed by atoms with Gasteiger partial charge in [-0.1, -0.05) is 54.1 Å². The van der Waals surface area contributed by atoms with Gasteiger partial charge in [0.1, 0.15) is 0 Å². The van der Waals surface area contributed by atoms with Crippen molar-refractivity contribution in [2.45, 2.75) is 53.0 Å². The predicted molar refractivity (Wildman–Crippen MR) is 94.2 cm³/mol. The Morgan fingerprint density at radius 2 is 1.91 bits per heavy atom. The minimum Gasteiger partial charge on any atom is -0.319 e. The van der Waals surface area contributed by atoms with Gasteiger partial charge in [-0.2, -0.15) is 10.2 Å². The van der Waals surface area contributed by atoms with Crippen LogP contribution in [0.2, 0.25) is 0 Å². The van der Waals surface area contributed by atoms with Crippen LogP contribution in [0.5, 0.6) is 0 Å². The molecule has 0 aliphatic rings. The number of amides is 1. The first-order valence-corrected chi connectivity index (χ1v) is 8.29. The number of allylic oxidation sites excluding steroid dienone is 5. The Balaban J connectivity index is 2.91. The highest BCUT2D eigenvalue weighted by atomic mass is 16.2. The zero-order chi connectivity index (χ0) is 17.1. The molecule has 1 amide bonds. The Bertz CT molecular complexity index is 543. The quantitative estimate of drug-likeness (QED) is 0.675. The molecule has 126 valence electrons. The van der Waals surface area contributed by atoms with Crippen LogP contribution >= 0.6 is 0 Å². The van der Waals surface area contributed by atoms with Crippen molar-refractivity contribution >= 4 is 6.03 Å². The van der Waals surface area contributed by atoms with Gasteiger partial charge < -0.3 is 4.90 Å². The molecule has 0 saturated heterocycles. The van der Waals surface area contributed by atoms with Crippen LogP contribution in [0.1, 0.15) is 47.0 Å². The molecule has 0 N–H and O–H groups in total. The van der Waals surface area contributed by atoms with Crippen LogP contribution in [0.25, 0.3) is 0 Å². The molecule has 1 aromatic heterocycles. The average Bonchev–Trinajstić information content (AvgIpc) is 3.09. The lowest BCUT2D eigenvalue weighted by Crippen LogP contribution is -2.43. The van der Waals surface area contributed by atoms with Gasteiger partial charge in [-0.25, -0.2) is 4.79 Å². The van der Waals surface area contributed by atoms with Gasteiger partial charge in [-0.3, -0.25) is 0 Å². The zero-order valence-electron chi connectivity index (χ0n) is 14.6. The minimum atomic E-state index is -0.163. The summed E-state index contributed by atoms with van der Waals surface area (Å²) >= 11 is 0. The highest BCUT2D eigenvalue weighted by Gasteiger charge is 2.24. The second kappa shape index (κ2) is 10.5. The fraction of sp³-hybridized carbons (Fsp3) is 0.500. The van der Waals surface area contributed by atoms with Crippen molar-refractivity contribution < 1.29 is 4.79 Å². The molecule has 0 aliphatic heterocycles. The van der Waals surface area contributed by atoms with Crippen molar-refractivity contribution in [2.24, 2.45) is 0 Å². The van der Waals surface area contributed by atoms with Crippen LogP contribution in [0.3, 0.4) is 0 Å². The summed E-state index contributed by atoms with van der Waals surface area (Å²) in [5, 5.41) is 7.93. The summed E-state index contributed by atoms with van der Waals surface area (Å²) < 4.78 is 0. The molecule has 1 heterocycles. The lowest BCUT2D eigenvalue weighted by Gasteiger charge is -2.30. The van der Waals surface area contributed by atoms with Crippen LogP contribution in [-0.2, 0) is 0 Å². The highest BCUT2D eigenvalue weighted by Crippen LogP contribution is 2.18. The lowest BCUT2D eigenvalue weighted by atomic mass is 10.00. The number of hydrogen-bond donors (Lipinski definition) is 0. The average molecular weight is 316 g/mol. The second-order valence-corrected chi connectivity index (χ2v) is 5.28. The fourth-order valence-corrected chi connectivity index (χ4v) is 2.52. The summed E-state index contributed by atoms with van der Waals surface area (Å²) in [6, 6.07) is -0.0196. The maximum atomic E-state index is 12.6. The molecular formula is C18H28N4O. The van der Waals surface area contributed by atoms with E-state index in [0.717, 1.165) is 24.1 Å². The lowest BCUT2D eigenvalue weighted by molar-refractivity contribution is 0.168. The van der Waals surface area contributed by atoms with Crippen molar-refractivity contribution in [3.05, 3.63) is 48.3 Å². The summed E-state index contributed by atoms with van der Waals surface area (Å²) in [4.78, 5) is 15.6. The summed E-state index contributed by atoms with van der Waals surface area (Å²) in [6.07, 6.45) is 16.1. The largest absolute Gasteiger partial charge is 0.362 e. The van der Waals surface area contributed by atoms with E-state index in [0.29, 0.717) is 6.54 Å². The third-order valence-corrected chi connectivity index (χ3v) is 3.69. The number of hydrogen-bond acceptors (Lipinski definition) is 3. The monoisotopic (exact) mass is 316 g/mol. The molecule has 23 heavy (non-hydrogen) atoms. The number of nitrogens with zero attached hydrogens (tertiary/aromatic N) is 4. The molecule has 1 unspecified atom stereocenters. The molecule has 5 nitrogen and oxygen atoms in total. The van der Waals surface area contributed by atoms with Crippen LogP contribution in [0.4, 0.5) is 4.79 Å². The molecule has 1 rings (SSSR count). The first-order valence-electron chi connectivity index (χ1n) is 8.29. The SMILES string of the molecule is C\C=C/C=C\C(=C/C)CC(CCC)N(CC)C(=O)n1nccn1. The Morgan fingerprint density at radius 1 is 1.22 bits per heavy atom.